The van der Waals surface area contributed by atoms with Crippen molar-refractivity contribution in [3.8, 4) is 0 Å². The molecule has 0 bridgehead atoms. The van der Waals surface area contributed by atoms with Gasteiger partial charge in [0.15, 0.2) is 0 Å². The first-order valence-electron chi connectivity index (χ1n) is 6.45. The summed E-state index contributed by atoms with van der Waals surface area (Å²) in [6, 6.07) is 1.76. The van der Waals surface area contributed by atoms with Gasteiger partial charge in [-0.15, -0.1) is 11.3 Å². The summed E-state index contributed by atoms with van der Waals surface area (Å²) in [4.78, 5) is 23.3. The molecule has 1 aromatic heterocycles. The number of carbonyl (C=O) groups is 2. The van der Waals surface area contributed by atoms with Crippen molar-refractivity contribution in [1.82, 2.24) is 5.32 Å². The topological polar surface area (TPSA) is 66.4 Å². The lowest BCUT2D eigenvalue weighted by molar-refractivity contribution is -0.144. The van der Waals surface area contributed by atoms with E-state index in [4.69, 9.17) is 0 Å². The van der Waals surface area contributed by atoms with E-state index in [-0.39, 0.29) is 17.7 Å². The number of amides is 1. The van der Waals surface area contributed by atoms with Gasteiger partial charge < -0.3 is 10.4 Å². The van der Waals surface area contributed by atoms with Crippen LogP contribution in [0, 0.1) is 11.8 Å². The lowest BCUT2D eigenvalue weighted by Crippen LogP contribution is -2.37. The Bertz CT molecular complexity index is 518. The van der Waals surface area contributed by atoms with Crippen molar-refractivity contribution in [3.05, 3.63) is 19.2 Å². The zero-order valence-corrected chi connectivity index (χ0v) is 14.7. The standard InChI is InChI=1S/C13H15Br2NO3S/c14-10-5-9(11(15)20-10)12(17)16-6-7-3-1-2-4-8(7)13(18)19/h5,7-8H,1-4,6H2,(H,16,17)(H,18,19). The molecule has 2 unspecified atom stereocenters. The van der Waals surface area contributed by atoms with Crippen LogP contribution < -0.4 is 5.32 Å². The fourth-order valence-electron chi connectivity index (χ4n) is 2.59. The van der Waals surface area contributed by atoms with Gasteiger partial charge in [-0.25, -0.2) is 0 Å². The van der Waals surface area contributed by atoms with Crippen LogP contribution in [0.3, 0.4) is 0 Å². The number of nitrogens with one attached hydrogen (secondary N) is 1. The molecule has 110 valence electrons. The van der Waals surface area contributed by atoms with Crippen LogP contribution in [0.15, 0.2) is 13.6 Å². The van der Waals surface area contributed by atoms with Gasteiger partial charge in [0.05, 0.1) is 19.1 Å². The molecule has 2 atom stereocenters. The normalized spacial score (nSPS) is 22.5. The molecule has 4 nitrogen and oxygen atoms in total. The molecule has 2 N–H and O–H groups in total. The van der Waals surface area contributed by atoms with E-state index in [0.29, 0.717) is 18.5 Å². The number of carboxylic acids is 1. The molecule has 1 amide bonds. The van der Waals surface area contributed by atoms with E-state index in [1.54, 1.807) is 6.07 Å². The number of carbonyl (C=O) groups excluding carboxylic acids is 1. The summed E-state index contributed by atoms with van der Waals surface area (Å²) >= 11 is 8.13. The first kappa shape index (κ1) is 16.0. The maximum Gasteiger partial charge on any atom is 0.306 e. The van der Waals surface area contributed by atoms with Crippen LogP contribution in [0.1, 0.15) is 36.0 Å². The number of aliphatic carboxylic acids is 1. The smallest absolute Gasteiger partial charge is 0.306 e. The van der Waals surface area contributed by atoms with Gasteiger partial charge in [0.25, 0.3) is 5.91 Å². The minimum atomic E-state index is -0.747. The molecule has 0 saturated heterocycles. The van der Waals surface area contributed by atoms with E-state index in [0.717, 1.165) is 26.8 Å². The van der Waals surface area contributed by atoms with Crippen LogP contribution in [0.25, 0.3) is 0 Å². The van der Waals surface area contributed by atoms with Crippen LogP contribution in [-0.2, 0) is 4.79 Å². The molecule has 1 aromatic rings. The molecule has 1 saturated carbocycles. The molecule has 2 rings (SSSR count). The summed E-state index contributed by atoms with van der Waals surface area (Å²) in [5.41, 5.74) is 0.588. The van der Waals surface area contributed by atoms with Gasteiger partial charge in [0.1, 0.15) is 0 Å². The van der Waals surface area contributed by atoms with Crippen molar-refractivity contribution in [2.45, 2.75) is 25.7 Å². The third-order valence-corrected chi connectivity index (χ3v) is 5.99. The quantitative estimate of drug-likeness (QED) is 0.770. The zero-order valence-electron chi connectivity index (χ0n) is 10.7. The van der Waals surface area contributed by atoms with Crippen molar-refractivity contribution in [2.75, 3.05) is 6.54 Å². The second-order valence-corrected chi connectivity index (χ2v) is 8.69. The number of halogens is 2. The number of rotatable bonds is 4. The van der Waals surface area contributed by atoms with Gasteiger partial charge in [0, 0.05) is 6.54 Å². The molecule has 0 aromatic carbocycles. The first-order chi connectivity index (χ1) is 9.49. The van der Waals surface area contributed by atoms with Crippen LogP contribution in [0.4, 0.5) is 0 Å². The number of thiophene rings is 1. The van der Waals surface area contributed by atoms with E-state index in [1.807, 2.05) is 0 Å². The number of carboxylic acid groups (broad SMARTS) is 1. The average molecular weight is 425 g/mol. The van der Waals surface area contributed by atoms with Crippen LogP contribution in [0.5, 0.6) is 0 Å². The molecule has 7 heteroatoms. The number of hydrogen-bond acceptors (Lipinski definition) is 3. The molecule has 0 aliphatic heterocycles. The second kappa shape index (κ2) is 7.04. The van der Waals surface area contributed by atoms with E-state index >= 15 is 0 Å². The van der Waals surface area contributed by atoms with Crippen molar-refractivity contribution in [2.24, 2.45) is 11.8 Å². The maximum absolute atomic E-state index is 12.1. The molecule has 1 aliphatic carbocycles. The van der Waals surface area contributed by atoms with Gasteiger partial charge in [-0.2, -0.15) is 0 Å². The zero-order chi connectivity index (χ0) is 14.7. The Hall–Kier alpha value is -0.400. The molecule has 1 aliphatic rings. The summed E-state index contributed by atoms with van der Waals surface area (Å²) in [6.07, 6.45) is 3.58. The van der Waals surface area contributed by atoms with E-state index in [9.17, 15) is 14.7 Å². The predicted octanol–water partition coefficient (Wildman–Crippen LogP) is 3.89. The van der Waals surface area contributed by atoms with Gasteiger partial charge >= 0.3 is 5.97 Å². The lowest BCUT2D eigenvalue weighted by atomic mass is 9.79. The summed E-state index contributed by atoms with van der Waals surface area (Å²) in [6.45, 7) is 0.426. The molecule has 1 fully saturated rings. The van der Waals surface area contributed by atoms with Crippen LogP contribution in [0.2, 0.25) is 0 Å². The summed E-state index contributed by atoms with van der Waals surface area (Å²) in [7, 11) is 0. The van der Waals surface area contributed by atoms with Gasteiger partial charge in [-0.05, 0) is 56.7 Å². The second-order valence-electron chi connectivity index (χ2n) is 4.94. The van der Waals surface area contributed by atoms with Crippen LogP contribution >= 0.6 is 43.2 Å². The largest absolute Gasteiger partial charge is 0.481 e. The van der Waals surface area contributed by atoms with Crippen molar-refractivity contribution in [1.29, 1.82) is 0 Å². The molecular weight excluding hydrogens is 410 g/mol. The minimum Gasteiger partial charge on any atom is -0.481 e. The minimum absolute atomic E-state index is 0.0334. The lowest BCUT2D eigenvalue weighted by Gasteiger charge is -2.28. The van der Waals surface area contributed by atoms with E-state index < -0.39 is 5.97 Å². The first-order valence-corrected chi connectivity index (χ1v) is 8.85. The highest BCUT2D eigenvalue weighted by atomic mass is 79.9. The summed E-state index contributed by atoms with van der Waals surface area (Å²) in [5.74, 6) is -1.20. The van der Waals surface area contributed by atoms with Gasteiger partial charge in [-0.1, -0.05) is 12.8 Å². The summed E-state index contributed by atoms with van der Waals surface area (Å²) in [5, 5.41) is 12.1. The monoisotopic (exact) mass is 423 g/mol. The molecular formula is C13H15Br2NO3S. The Morgan fingerprint density at radius 3 is 2.65 bits per heavy atom. The highest BCUT2D eigenvalue weighted by Gasteiger charge is 2.31. The third-order valence-electron chi connectivity index (χ3n) is 3.65. The Morgan fingerprint density at radius 2 is 2.05 bits per heavy atom. The molecule has 0 radical (unpaired) electrons. The highest BCUT2D eigenvalue weighted by molar-refractivity contribution is 9.12. The highest BCUT2D eigenvalue weighted by Crippen LogP contribution is 2.32. The summed E-state index contributed by atoms with van der Waals surface area (Å²) < 4.78 is 1.66. The predicted molar refractivity (Wildman–Crippen MR) is 85.1 cm³/mol. The average Bonchev–Trinajstić information content (AvgIpc) is 2.75. The van der Waals surface area contributed by atoms with Crippen molar-refractivity contribution >= 4 is 55.1 Å². The van der Waals surface area contributed by atoms with E-state index in [1.165, 1.54) is 11.3 Å². The Labute approximate surface area is 138 Å². The SMILES string of the molecule is O=C(NCC1CCCCC1C(=O)O)c1cc(Br)sc1Br. The van der Waals surface area contributed by atoms with Gasteiger partial charge in [-0.3, -0.25) is 9.59 Å². The Balaban J connectivity index is 1.95. The van der Waals surface area contributed by atoms with E-state index in [2.05, 4.69) is 37.2 Å². The molecule has 1 heterocycles. The maximum atomic E-state index is 12.1. The molecule has 20 heavy (non-hydrogen) atoms. The van der Waals surface area contributed by atoms with Crippen LogP contribution in [-0.4, -0.2) is 23.5 Å². The Morgan fingerprint density at radius 1 is 1.35 bits per heavy atom. The fourth-order valence-corrected chi connectivity index (χ4v) is 5.38. The Kier molecular flexibility index (Phi) is 5.63. The van der Waals surface area contributed by atoms with Crippen molar-refractivity contribution in [3.63, 3.8) is 0 Å². The van der Waals surface area contributed by atoms with Gasteiger partial charge in [0.2, 0.25) is 0 Å². The fraction of sp³-hybridized carbons (Fsp3) is 0.538. The molecule has 0 spiro atoms. The third kappa shape index (κ3) is 3.83. The van der Waals surface area contributed by atoms with Crippen molar-refractivity contribution < 1.29 is 14.7 Å². The number of hydrogen-bond donors (Lipinski definition) is 2.